The van der Waals surface area contributed by atoms with Gasteiger partial charge in [-0.2, -0.15) is 0 Å². The zero-order valence-electron chi connectivity index (χ0n) is 34.7. The number of methoxy groups -OCH3 is 4. The SMILES string of the molecule is COc1ccc(C2=NOC([C@@]3(C)CC(=O)[C@]4(O)[C@@]5(C)[C@@H](OCc6cc(-c7ccc(OC)c(OC)c7)no6)CCC(C)(C)[C@@H]5[C@H](O)[C@H](OC(C)=O)[C@@]4(C)O3)C2)cc1OC. The smallest absolute Gasteiger partial charge is 0.303 e. The first-order valence-electron chi connectivity index (χ1n) is 19.5. The van der Waals surface area contributed by atoms with Crippen molar-refractivity contribution >= 4 is 17.5 Å². The lowest BCUT2D eigenvalue weighted by molar-refractivity contribution is -0.384. The molecule has 1 saturated heterocycles. The molecular formula is C43H54N2O13. The molecule has 7 rings (SSSR count). The molecule has 15 heteroatoms. The van der Waals surface area contributed by atoms with Crippen LogP contribution in [0.25, 0.3) is 11.3 Å². The minimum atomic E-state index is -2.33. The van der Waals surface area contributed by atoms with Gasteiger partial charge in [0, 0.05) is 48.3 Å². The van der Waals surface area contributed by atoms with Crippen LogP contribution in [0, 0.1) is 16.7 Å². The van der Waals surface area contributed by atoms with Crippen molar-refractivity contribution in [2.75, 3.05) is 28.4 Å². The predicted octanol–water partition coefficient (Wildman–Crippen LogP) is 5.44. The Morgan fingerprint density at radius 3 is 2.14 bits per heavy atom. The van der Waals surface area contributed by atoms with E-state index in [9.17, 15) is 15.0 Å². The summed E-state index contributed by atoms with van der Waals surface area (Å²) in [5, 5.41) is 34.5. The van der Waals surface area contributed by atoms with Crippen molar-refractivity contribution in [3.8, 4) is 34.3 Å². The Balaban J connectivity index is 1.22. The molecule has 0 radical (unpaired) electrons. The van der Waals surface area contributed by atoms with Gasteiger partial charge in [0.15, 0.2) is 52.4 Å². The molecule has 2 aliphatic heterocycles. The van der Waals surface area contributed by atoms with Gasteiger partial charge >= 0.3 is 5.97 Å². The Morgan fingerprint density at radius 1 is 0.897 bits per heavy atom. The summed E-state index contributed by atoms with van der Waals surface area (Å²) < 4.78 is 47.0. The third-order valence-electron chi connectivity index (χ3n) is 13.3. The molecule has 15 nitrogen and oxygen atoms in total. The Labute approximate surface area is 337 Å². The van der Waals surface area contributed by atoms with Gasteiger partial charge < -0.3 is 52.7 Å². The number of Topliss-reactive ketones (excluding diaryl/α,β-unsaturated/α-hetero) is 1. The Morgan fingerprint density at radius 2 is 1.52 bits per heavy atom. The summed E-state index contributed by atoms with van der Waals surface area (Å²) in [4.78, 5) is 33.9. The highest BCUT2D eigenvalue weighted by atomic mass is 16.7. The number of aromatic nitrogens is 1. The Bertz CT molecular complexity index is 2100. The predicted molar refractivity (Wildman–Crippen MR) is 208 cm³/mol. The number of fused-ring (bicyclic) bond motifs is 3. The number of oxime groups is 1. The maximum absolute atomic E-state index is 15.1. The maximum Gasteiger partial charge on any atom is 0.303 e. The Hall–Kier alpha value is -4.70. The largest absolute Gasteiger partial charge is 0.493 e. The summed E-state index contributed by atoms with van der Waals surface area (Å²) in [7, 11) is 6.20. The summed E-state index contributed by atoms with van der Waals surface area (Å²) in [6.45, 7) is 10.2. The van der Waals surface area contributed by atoms with Gasteiger partial charge in [0.2, 0.25) is 0 Å². The zero-order chi connectivity index (χ0) is 42.0. The molecule has 2 N–H and O–H groups in total. The zero-order valence-corrected chi connectivity index (χ0v) is 34.7. The van der Waals surface area contributed by atoms with E-state index in [4.69, 9.17) is 42.5 Å². The number of ketones is 1. The molecule has 1 aromatic heterocycles. The fraction of sp³-hybridized carbons (Fsp3) is 0.581. The molecule has 9 atom stereocenters. The standard InChI is InChI=1S/C43H54N2O13/c1-23(46)55-38-36(48)37-39(2,3)16-15-34(54-22-26-19-27(44-56-26)24-11-13-29(50-7)31(17-24)52-9)41(37,5)43(49)33(47)21-40(4,58-42(38,43)6)35-20-28(45-57-35)25-12-14-30(51-8)32(18-25)53-10/h11-14,17-19,34-38,48-49H,15-16,20-22H2,1-10H3/t34-,35?,36-,37-,38-,40+,41-,42+,43-/m0/s1. The van der Waals surface area contributed by atoms with E-state index in [1.807, 2.05) is 26.0 Å². The molecule has 4 aliphatic rings. The van der Waals surface area contributed by atoms with E-state index in [2.05, 4.69) is 10.3 Å². The summed E-state index contributed by atoms with van der Waals surface area (Å²) in [6, 6.07) is 12.5. The second-order valence-corrected chi connectivity index (χ2v) is 17.1. The van der Waals surface area contributed by atoms with Crippen LogP contribution in [0.4, 0.5) is 0 Å². The number of esters is 1. The number of aliphatic hydroxyl groups excluding tert-OH is 1. The van der Waals surface area contributed by atoms with Crippen molar-refractivity contribution in [1.82, 2.24) is 5.16 Å². The average molecular weight is 807 g/mol. The molecule has 0 amide bonds. The van der Waals surface area contributed by atoms with Crippen LogP contribution in [0.15, 0.2) is 52.1 Å². The first kappa shape index (κ1) is 41.5. The van der Waals surface area contributed by atoms with E-state index in [0.29, 0.717) is 53.0 Å². The van der Waals surface area contributed by atoms with Crippen molar-refractivity contribution in [2.24, 2.45) is 21.9 Å². The molecule has 2 aliphatic carbocycles. The van der Waals surface area contributed by atoms with Gasteiger partial charge in [-0.1, -0.05) is 31.1 Å². The fourth-order valence-electron chi connectivity index (χ4n) is 10.5. The van der Waals surface area contributed by atoms with Crippen molar-refractivity contribution in [3.05, 3.63) is 53.8 Å². The van der Waals surface area contributed by atoms with Gasteiger partial charge in [-0.25, -0.2) is 0 Å². The highest BCUT2D eigenvalue weighted by Gasteiger charge is 2.82. The molecular weight excluding hydrogens is 752 g/mol. The number of rotatable bonds is 11. The highest BCUT2D eigenvalue weighted by molar-refractivity contribution is 6.02. The molecule has 2 saturated carbocycles. The van der Waals surface area contributed by atoms with Crippen LogP contribution in [0.2, 0.25) is 0 Å². The van der Waals surface area contributed by atoms with E-state index in [-0.39, 0.29) is 19.4 Å². The van der Waals surface area contributed by atoms with Crippen LogP contribution in [0.5, 0.6) is 23.0 Å². The lowest BCUT2D eigenvalue weighted by Gasteiger charge is -2.71. The second kappa shape index (κ2) is 14.8. The van der Waals surface area contributed by atoms with Crippen LogP contribution in [0.1, 0.15) is 78.5 Å². The number of carbonyl (C=O) groups is 2. The van der Waals surface area contributed by atoms with Gasteiger partial charge in [-0.15, -0.1) is 0 Å². The number of carbonyl (C=O) groups excluding carboxylic acids is 2. The van der Waals surface area contributed by atoms with Crippen molar-refractivity contribution in [2.45, 2.75) is 115 Å². The molecule has 0 bridgehead atoms. The van der Waals surface area contributed by atoms with E-state index in [1.54, 1.807) is 72.6 Å². The van der Waals surface area contributed by atoms with Crippen LogP contribution < -0.4 is 18.9 Å². The summed E-state index contributed by atoms with van der Waals surface area (Å²) in [5.74, 6) is 0.523. The average Bonchev–Trinajstić information content (AvgIpc) is 3.89. The second-order valence-electron chi connectivity index (χ2n) is 17.1. The molecule has 2 aromatic carbocycles. The topological polar surface area (TPSA) is 187 Å². The summed E-state index contributed by atoms with van der Waals surface area (Å²) in [6.07, 6.45) is -3.43. The number of hydrogen-bond acceptors (Lipinski definition) is 15. The van der Waals surface area contributed by atoms with E-state index in [0.717, 1.165) is 11.1 Å². The molecule has 0 spiro atoms. The summed E-state index contributed by atoms with van der Waals surface area (Å²) >= 11 is 0. The highest BCUT2D eigenvalue weighted by Crippen LogP contribution is 2.68. The first-order valence-corrected chi connectivity index (χ1v) is 19.5. The van der Waals surface area contributed by atoms with Crippen molar-refractivity contribution in [1.29, 1.82) is 0 Å². The van der Waals surface area contributed by atoms with Gasteiger partial charge in [0.1, 0.15) is 23.5 Å². The molecule has 1 unspecified atom stereocenters. The lowest BCUT2D eigenvalue weighted by Crippen LogP contribution is -2.87. The minimum Gasteiger partial charge on any atom is -0.493 e. The van der Waals surface area contributed by atoms with E-state index < -0.39 is 69.7 Å². The normalized spacial score (nSPS) is 33.9. The minimum absolute atomic E-state index is 0.0527. The van der Waals surface area contributed by atoms with Crippen LogP contribution in [-0.4, -0.2) is 102 Å². The maximum atomic E-state index is 15.1. The number of hydrogen-bond donors (Lipinski definition) is 2. The third-order valence-corrected chi connectivity index (χ3v) is 13.3. The van der Waals surface area contributed by atoms with Gasteiger partial charge in [0.05, 0.1) is 46.4 Å². The quantitative estimate of drug-likeness (QED) is 0.233. The van der Waals surface area contributed by atoms with Crippen LogP contribution in [0.3, 0.4) is 0 Å². The van der Waals surface area contributed by atoms with Gasteiger partial charge in [-0.3, -0.25) is 9.59 Å². The fourth-order valence-corrected chi connectivity index (χ4v) is 10.5. The molecule has 3 heterocycles. The van der Waals surface area contributed by atoms with E-state index in [1.165, 1.54) is 13.8 Å². The number of benzene rings is 2. The Kier molecular flexibility index (Phi) is 10.6. The monoisotopic (exact) mass is 806 g/mol. The van der Waals surface area contributed by atoms with Gasteiger partial charge in [-0.05, 0) is 68.5 Å². The summed E-state index contributed by atoms with van der Waals surface area (Å²) in [5.41, 5.74) is -5.23. The number of nitrogens with zero attached hydrogens (tertiary/aromatic N) is 2. The molecule has 3 aromatic rings. The first-order chi connectivity index (χ1) is 27.4. The third kappa shape index (κ3) is 6.32. The number of ether oxygens (including phenoxy) is 7. The molecule has 314 valence electrons. The van der Waals surface area contributed by atoms with Crippen LogP contribution >= 0.6 is 0 Å². The van der Waals surface area contributed by atoms with Crippen molar-refractivity contribution < 1.29 is 62.3 Å². The molecule has 3 fully saturated rings. The van der Waals surface area contributed by atoms with Gasteiger partial charge in [0.25, 0.3) is 0 Å². The van der Waals surface area contributed by atoms with Crippen molar-refractivity contribution in [3.63, 3.8) is 0 Å². The van der Waals surface area contributed by atoms with Crippen LogP contribution in [-0.2, 0) is 35.2 Å². The lowest BCUT2D eigenvalue weighted by atomic mass is 9.39. The van der Waals surface area contributed by atoms with E-state index >= 15 is 4.79 Å². The number of aliphatic hydroxyl groups is 2. The molecule has 58 heavy (non-hydrogen) atoms.